The highest BCUT2D eigenvalue weighted by atomic mass is 16.3. The summed E-state index contributed by atoms with van der Waals surface area (Å²) in [6.45, 7) is 0. The van der Waals surface area contributed by atoms with Crippen molar-refractivity contribution in [3.63, 3.8) is 0 Å². The van der Waals surface area contributed by atoms with E-state index in [1.54, 1.807) is 0 Å². The average Bonchev–Trinajstić information content (AvgIpc) is 4.05. The molecule has 0 radical (unpaired) electrons. The van der Waals surface area contributed by atoms with E-state index in [1.165, 1.54) is 16.3 Å². The fourth-order valence-corrected chi connectivity index (χ4v) is 9.94. The second kappa shape index (κ2) is 14.5. The van der Waals surface area contributed by atoms with Crippen LogP contribution in [0.3, 0.4) is 0 Å². The quantitative estimate of drug-likeness (QED) is 0.161. The molecular formula is C60H38N2O2. The molecule has 4 heteroatoms. The number of aromatic nitrogens is 1. The number of anilines is 3. The van der Waals surface area contributed by atoms with Crippen LogP contribution in [0.4, 0.5) is 17.1 Å². The molecule has 0 spiro atoms. The first-order chi connectivity index (χ1) is 31.8. The zero-order chi connectivity index (χ0) is 42.1. The SMILES string of the molecule is c1ccc(-c2ccc(N(c3cc(-c4ccccc4-n4c5ccccc5c5ccccc54)c4oc5ccccc5c4c3)c3ccccc3-c3cccc4c3oc3ccccc34)cc2)cc1. The van der Waals surface area contributed by atoms with Gasteiger partial charge in [0.05, 0.1) is 22.4 Å². The normalized spacial score (nSPS) is 11.8. The number of benzene rings is 10. The lowest BCUT2D eigenvalue weighted by Gasteiger charge is -2.29. The van der Waals surface area contributed by atoms with Gasteiger partial charge in [-0.25, -0.2) is 0 Å². The summed E-state index contributed by atoms with van der Waals surface area (Å²) in [5, 5.41) is 6.75. The molecule has 0 fully saturated rings. The van der Waals surface area contributed by atoms with Gasteiger partial charge in [0.2, 0.25) is 0 Å². The minimum atomic E-state index is 0.845. The number of hydrogen-bond donors (Lipinski definition) is 0. The molecule has 0 aliphatic heterocycles. The summed E-state index contributed by atoms with van der Waals surface area (Å²) in [5.41, 5.74) is 16.4. The third-order valence-electron chi connectivity index (χ3n) is 12.8. The average molecular weight is 819 g/mol. The van der Waals surface area contributed by atoms with Crippen LogP contribution >= 0.6 is 0 Å². The maximum Gasteiger partial charge on any atom is 0.143 e. The zero-order valence-electron chi connectivity index (χ0n) is 34.7. The van der Waals surface area contributed by atoms with Crippen LogP contribution in [0.25, 0.3) is 105 Å². The summed E-state index contributed by atoms with van der Waals surface area (Å²) in [5.74, 6) is 0. The number of furan rings is 2. The second-order valence-corrected chi connectivity index (χ2v) is 16.4. The molecule has 0 saturated carbocycles. The monoisotopic (exact) mass is 818 g/mol. The van der Waals surface area contributed by atoms with Crippen LogP contribution in [0.5, 0.6) is 0 Å². The van der Waals surface area contributed by atoms with E-state index in [-0.39, 0.29) is 0 Å². The van der Waals surface area contributed by atoms with E-state index in [0.29, 0.717) is 0 Å². The van der Waals surface area contributed by atoms with E-state index < -0.39 is 0 Å². The Hall–Kier alpha value is -8.60. The van der Waals surface area contributed by atoms with Crippen molar-refractivity contribution in [2.24, 2.45) is 0 Å². The van der Waals surface area contributed by atoms with E-state index in [4.69, 9.17) is 8.83 Å². The van der Waals surface area contributed by atoms with E-state index in [1.807, 2.05) is 12.1 Å². The van der Waals surface area contributed by atoms with Gasteiger partial charge >= 0.3 is 0 Å². The van der Waals surface area contributed by atoms with Gasteiger partial charge in [-0.1, -0.05) is 170 Å². The van der Waals surface area contributed by atoms with Crippen LogP contribution in [0, 0.1) is 0 Å². The van der Waals surface area contributed by atoms with Gasteiger partial charge in [-0.05, 0) is 71.8 Å². The molecule has 0 aliphatic rings. The van der Waals surface area contributed by atoms with Crippen molar-refractivity contribution >= 4 is 82.7 Å². The Balaban J connectivity index is 1.10. The van der Waals surface area contributed by atoms with Crippen molar-refractivity contribution in [1.29, 1.82) is 0 Å². The molecule has 0 aliphatic carbocycles. The van der Waals surface area contributed by atoms with E-state index in [2.05, 4.69) is 228 Å². The van der Waals surface area contributed by atoms with Gasteiger partial charge in [0, 0.05) is 65.9 Å². The van der Waals surface area contributed by atoms with Gasteiger partial charge in [-0.15, -0.1) is 0 Å². The Labute approximate surface area is 369 Å². The second-order valence-electron chi connectivity index (χ2n) is 16.4. The minimum Gasteiger partial charge on any atom is -0.455 e. The van der Waals surface area contributed by atoms with Gasteiger partial charge in [-0.2, -0.15) is 0 Å². The predicted molar refractivity (Wildman–Crippen MR) is 266 cm³/mol. The van der Waals surface area contributed by atoms with Crippen LogP contribution in [-0.2, 0) is 0 Å². The van der Waals surface area contributed by atoms with Crippen molar-refractivity contribution < 1.29 is 8.83 Å². The molecule has 3 aromatic heterocycles. The molecule has 0 atom stereocenters. The molecule has 0 unspecified atom stereocenters. The molecule has 0 N–H and O–H groups in total. The fraction of sp³-hybridized carbons (Fsp3) is 0. The molecule has 300 valence electrons. The Morgan fingerprint density at radius 3 is 1.55 bits per heavy atom. The predicted octanol–water partition coefficient (Wildman–Crippen LogP) is 17.1. The van der Waals surface area contributed by atoms with Gasteiger partial charge in [0.25, 0.3) is 0 Å². The summed E-state index contributed by atoms with van der Waals surface area (Å²) >= 11 is 0. The molecule has 10 aromatic carbocycles. The lowest BCUT2D eigenvalue weighted by atomic mass is 9.96. The van der Waals surface area contributed by atoms with Crippen molar-refractivity contribution in [3.8, 4) is 39.1 Å². The third-order valence-corrected chi connectivity index (χ3v) is 12.8. The van der Waals surface area contributed by atoms with Crippen LogP contribution in [0.15, 0.2) is 239 Å². The van der Waals surface area contributed by atoms with E-state index >= 15 is 0 Å². The number of nitrogens with zero attached hydrogens (tertiary/aromatic N) is 2. The highest BCUT2D eigenvalue weighted by Gasteiger charge is 2.25. The Bertz CT molecular complexity index is 3860. The number of rotatable bonds is 7. The van der Waals surface area contributed by atoms with Gasteiger partial charge in [-0.3, -0.25) is 0 Å². The summed E-state index contributed by atoms with van der Waals surface area (Å²) in [6, 6.07) is 82.1. The van der Waals surface area contributed by atoms with Crippen LogP contribution in [0.1, 0.15) is 0 Å². The van der Waals surface area contributed by atoms with Crippen molar-refractivity contribution in [3.05, 3.63) is 231 Å². The van der Waals surface area contributed by atoms with E-state index in [9.17, 15) is 0 Å². The van der Waals surface area contributed by atoms with Crippen LogP contribution in [-0.4, -0.2) is 4.57 Å². The molecule has 13 aromatic rings. The lowest BCUT2D eigenvalue weighted by molar-refractivity contribution is 0.669. The first kappa shape index (κ1) is 36.1. The van der Waals surface area contributed by atoms with Crippen molar-refractivity contribution in [2.75, 3.05) is 4.90 Å². The number of hydrogen-bond acceptors (Lipinski definition) is 3. The third kappa shape index (κ3) is 5.63. The van der Waals surface area contributed by atoms with Gasteiger partial charge in [0.15, 0.2) is 0 Å². The Morgan fingerprint density at radius 2 is 0.828 bits per heavy atom. The first-order valence-corrected chi connectivity index (χ1v) is 21.8. The highest BCUT2D eigenvalue weighted by Crippen LogP contribution is 2.48. The molecule has 64 heavy (non-hydrogen) atoms. The molecule has 0 saturated heterocycles. The van der Waals surface area contributed by atoms with Crippen LogP contribution in [0.2, 0.25) is 0 Å². The zero-order valence-corrected chi connectivity index (χ0v) is 34.7. The first-order valence-electron chi connectivity index (χ1n) is 21.8. The summed E-state index contributed by atoms with van der Waals surface area (Å²) in [4.78, 5) is 2.40. The summed E-state index contributed by atoms with van der Waals surface area (Å²) in [6.07, 6.45) is 0. The Morgan fingerprint density at radius 1 is 0.312 bits per heavy atom. The highest BCUT2D eigenvalue weighted by molar-refractivity contribution is 6.15. The number of fused-ring (bicyclic) bond motifs is 9. The summed E-state index contributed by atoms with van der Waals surface area (Å²) in [7, 11) is 0. The topological polar surface area (TPSA) is 34.5 Å². The molecule has 3 heterocycles. The standard InChI is InChI=1S/C60H38N2O2/c1-2-17-39(18-3-1)40-33-35-41(36-34-40)61(53-27-10-6-21-45(53)49-25-16-26-50-47-23-8-14-31-57(47)63-59(49)50)42-37-51(60-52(38-42)48-24-9-15-32-58(48)64-60)46-22-7-13-30-56(46)62-54-28-11-4-19-43(54)44-20-5-12-29-55(44)62/h1-38H. The lowest BCUT2D eigenvalue weighted by Crippen LogP contribution is -2.11. The fourth-order valence-electron chi connectivity index (χ4n) is 9.94. The summed E-state index contributed by atoms with van der Waals surface area (Å²) < 4.78 is 16.0. The molecule has 4 nitrogen and oxygen atoms in total. The smallest absolute Gasteiger partial charge is 0.143 e. The Kier molecular flexibility index (Phi) is 8.18. The largest absolute Gasteiger partial charge is 0.455 e. The van der Waals surface area contributed by atoms with Crippen molar-refractivity contribution in [1.82, 2.24) is 4.57 Å². The van der Waals surface area contributed by atoms with E-state index in [0.717, 1.165) is 105 Å². The molecular weight excluding hydrogens is 781 g/mol. The molecule has 13 rings (SSSR count). The maximum atomic E-state index is 6.93. The number of para-hydroxylation sites is 7. The maximum absolute atomic E-state index is 6.93. The van der Waals surface area contributed by atoms with Crippen molar-refractivity contribution in [2.45, 2.75) is 0 Å². The van der Waals surface area contributed by atoms with Crippen LogP contribution < -0.4 is 4.90 Å². The minimum absolute atomic E-state index is 0.845. The van der Waals surface area contributed by atoms with Gasteiger partial charge in [0.1, 0.15) is 22.3 Å². The molecule has 0 bridgehead atoms. The molecule has 0 amide bonds. The van der Waals surface area contributed by atoms with Gasteiger partial charge < -0.3 is 18.3 Å².